The molecular formula is C14H23Cl2N3O. The quantitative estimate of drug-likeness (QED) is 0.861. The highest BCUT2D eigenvalue weighted by atomic mass is 35.5. The van der Waals surface area contributed by atoms with Gasteiger partial charge in [-0.2, -0.15) is 0 Å². The number of amides is 1. The highest BCUT2D eigenvalue weighted by Gasteiger charge is 2.29. The number of fused-ring (bicyclic) bond motifs is 1. The molecule has 1 aliphatic rings. The van der Waals surface area contributed by atoms with Crippen molar-refractivity contribution in [2.45, 2.75) is 25.9 Å². The molecule has 1 aromatic carbocycles. The van der Waals surface area contributed by atoms with E-state index in [1.807, 2.05) is 17.0 Å². The van der Waals surface area contributed by atoms with Crippen LogP contribution in [0.3, 0.4) is 0 Å². The Morgan fingerprint density at radius 3 is 2.40 bits per heavy atom. The second-order valence-electron chi connectivity index (χ2n) is 5.50. The van der Waals surface area contributed by atoms with Crippen molar-refractivity contribution in [1.82, 2.24) is 4.90 Å². The van der Waals surface area contributed by atoms with Crippen molar-refractivity contribution in [3.8, 4) is 0 Å². The minimum absolute atomic E-state index is 0. The van der Waals surface area contributed by atoms with Gasteiger partial charge in [-0.15, -0.1) is 24.8 Å². The monoisotopic (exact) mass is 319 g/mol. The first-order valence-electron chi connectivity index (χ1n) is 6.27. The van der Waals surface area contributed by atoms with E-state index < -0.39 is 5.54 Å². The molecule has 2 N–H and O–H groups in total. The molecule has 114 valence electrons. The number of benzene rings is 1. The van der Waals surface area contributed by atoms with E-state index in [-0.39, 0.29) is 30.7 Å². The second kappa shape index (κ2) is 7.16. The molecule has 6 heteroatoms. The van der Waals surface area contributed by atoms with E-state index in [1.165, 1.54) is 11.3 Å². The molecule has 4 nitrogen and oxygen atoms in total. The van der Waals surface area contributed by atoms with E-state index in [4.69, 9.17) is 5.73 Å². The zero-order chi connectivity index (χ0) is 13.3. The van der Waals surface area contributed by atoms with Gasteiger partial charge in [-0.25, -0.2) is 0 Å². The summed E-state index contributed by atoms with van der Waals surface area (Å²) < 4.78 is 0. The van der Waals surface area contributed by atoms with Crippen molar-refractivity contribution in [2.24, 2.45) is 5.73 Å². The van der Waals surface area contributed by atoms with Crippen LogP contribution in [0, 0.1) is 0 Å². The first kappa shape index (κ1) is 19.0. The van der Waals surface area contributed by atoms with Gasteiger partial charge in [-0.05, 0) is 25.5 Å². The number of likely N-dealkylation sites (N-methyl/N-ethyl adjacent to an activating group) is 1. The Hall–Kier alpha value is -0.970. The highest BCUT2D eigenvalue weighted by Crippen LogP contribution is 2.24. The van der Waals surface area contributed by atoms with Crippen molar-refractivity contribution in [3.05, 3.63) is 29.8 Å². The second-order valence-corrected chi connectivity index (χ2v) is 5.50. The van der Waals surface area contributed by atoms with Gasteiger partial charge in [0, 0.05) is 32.4 Å². The van der Waals surface area contributed by atoms with Crippen LogP contribution in [0.5, 0.6) is 0 Å². The molecule has 20 heavy (non-hydrogen) atoms. The molecule has 0 saturated carbocycles. The molecule has 0 aliphatic carbocycles. The Balaban J connectivity index is 0.00000180. The molecule has 0 atom stereocenters. The zero-order valence-electron chi connectivity index (χ0n) is 12.1. The number of rotatable bonds is 1. The fraction of sp³-hybridized carbons (Fsp3) is 0.500. The third-order valence-corrected chi connectivity index (χ3v) is 3.31. The number of nitrogens with zero attached hydrogens (tertiary/aromatic N) is 2. The maximum Gasteiger partial charge on any atom is 0.242 e. The number of hydrogen-bond donors (Lipinski definition) is 1. The van der Waals surface area contributed by atoms with Crippen LogP contribution in [-0.2, 0) is 11.3 Å². The smallest absolute Gasteiger partial charge is 0.242 e. The topological polar surface area (TPSA) is 49.6 Å². The van der Waals surface area contributed by atoms with Gasteiger partial charge in [0.05, 0.1) is 5.54 Å². The largest absolute Gasteiger partial charge is 0.373 e. The van der Waals surface area contributed by atoms with Gasteiger partial charge in [0.15, 0.2) is 0 Å². The lowest BCUT2D eigenvalue weighted by atomic mass is 10.0. The van der Waals surface area contributed by atoms with Crippen LogP contribution < -0.4 is 10.6 Å². The highest BCUT2D eigenvalue weighted by molar-refractivity contribution is 5.86. The zero-order valence-corrected chi connectivity index (χ0v) is 13.8. The average molecular weight is 320 g/mol. The summed E-state index contributed by atoms with van der Waals surface area (Å²) in [6.45, 7) is 5.70. The number of halogens is 2. The molecule has 0 unspecified atom stereocenters. The number of hydrogen-bond acceptors (Lipinski definition) is 3. The summed E-state index contributed by atoms with van der Waals surface area (Å²) in [4.78, 5) is 16.3. The van der Waals surface area contributed by atoms with Crippen molar-refractivity contribution in [2.75, 3.05) is 25.0 Å². The molecular weight excluding hydrogens is 297 g/mol. The number of anilines is 1. The van der Waals surface area contributed by atoms with Gasteiger partial charge in [-0.1, -0.05) is 18.2 Å². The normalized spacial score (nSPS) is 14.6. The minimum atomic E-state index is -0.808. The van der Waals surface area contributed by atoms with Crippen molar-refractivity contribution in [1.29, 1.82) is 0 Å². The average Bonchev–Trinajstić information content (AvgIpc) is 2.47. The lowest BCUT2D eigenvalue weighted by Crippen LogP contribution is -2.51. The van der Waals surface area contributed by atoms with E-state index in [0.717, 1.165) is 6.54 Å². The summed E-state index contributed by atoms with van der Waals surface area (Å²) >= 11 is 0. The van der Waals surface area contributed by atoms with Crippen LogP contribution in [0.15, 0.2) is 24.3 Å². The Morgan fingerprint density at radius 1 is 1.20 bits per heavy atom. The Morgan fingerprint density at radius 2 is 1.80 bits per heavy atom. The Kier molecular flexibility index (Phi) is 6.81. The number of carbonyl (C=O) groups excluding carboxylic acids is 1. The molecule has 0 fully saturated rings. The van der Waals surface area contributed by atoms with E-state index in [2.05, 4.69) is 24.1 Å². The van der Waals surface area contributed by atoms with E-state index in [1.54, 1.807) is 13.8 Å². The van der Waals surface area contributed by atoms with Gasteiger partial charge in [0.1, 0.15) is 0 Å². The minimum Gasteiger partial charge on any atom is -0.373 e. The maximum absolute atomic E-state index is 12.3. The van der Waals surface area contributed by atoms with Crippen LogP contribution in [0.25, 0.3) is 0 Å². The van der Waals surface area contributed by atoms with Crippen molar-refractivity contribution in [3.63, 3.8) is 0 Å². The van der Waals surface area contributed by atoms with Crippen molar-refractivity contribution < 1.29 is 4.79 Å². The third-order valence-electron chi connectivity index (χ3n) is 3.31. The van der Waals surface area contributed by atoms with Gasteiger partial charge >= 0.3 is 0 Å². The van der Waals surface area contributed by atoms with E-state index >= 15 is 0 Å². The molecule has 0 bridgehead atoms. The van der Waals surface area contributed by atoms with Gasteiger partial charge in [-0.3, -0.25) is 4.79 Å². The molecule has 1 heterocycles. The van der Waals surface area contributed by atoms with Crippen LogP contribution in [0.1, 0.15) is 19.4 Å². The van der Waals surface area contributed by atoms with Crippen molar-refractivity contribution >= 4 is 36.4 Å². The predicted molar refractivity (Wildman–Crippen MR) is 87.9 cm³/mol. The molecule has 0 aromatic heterocycles. The fourth-order valence-corrected chi connectivity index (χ4v) is 2.27. The summed E-state index contributed by atoms with van der Waals surface area (Å²) in [5.41, 5.74) is 7.48. The lowest BCUT2D eigenvalue weighted by Gasteiger charge is -2.28. The summed E-state index contributed by atoms with van der Waals surface area (Å²) in [5, 5.41) is 0. The maximum atomic E-state index is 12.3. The van der Waals surface area contributed by atoms with E-state index in [0.29, 0.717) is 13.1 Å². The first-order chi connectivity index (χ1) is 8.39. The van der Waals surface area contributed by atoms with Gasteiger partial charge in [0.25, 0.3) is 0 Å². The number of para-hydroxylation sites is 1. The number of carbonyl (C=O) groups is 1. The van der Waals surface area contributed by atoms with Gasteiger partial charge in [0.2, 0.25) is 5.91 Å². The summed E-state index contributed by atoms with van der Waals surface area (Å²) in [6, 6.07) is 8.20. The predicted octanol–water partition coefficient (Wildman–Crippen LogP) is 2.05. The van der Waals surface area contributed by atoms with Crippen LogP contribution in [0.4, 0.5) is 5.69 Å². The molecule has 0 spiro atoms. The molecule has 1 aromatic rings. The Bertz CT molecular complexity index is 460. The fourth-order valence-electron chi connectivity index (χ4n) is 2.27. The first-order valence-corrected chi connectivity index (χ1v) is 6.27. The number of nitrogens with two attached hydrogens (primary N) is 1. The Labute approximate surface area is 133 Å². The summed E-state index contributed by atoms with van der Waals surface area (Å²) in [7, 11) is 2.06. The summed E-state index contributed by atoms with van der Waals surface area (Å²) in [6.07, 6.45) is 0. The standard InChI is InChI=1S/C14H21N3O.2ClH/c1-14(2,15)13(18)17-9-8-16(3)12-7-5-4-6-11(12)10-17;;/h4-7H,8-10,15H2,1-3H3;2*1H. The van der Waals surface area contributed by atoms with E-state index in [9.17, 15) is 4.79 Å². The van der Waals surface area contributed by atoms with Crippen LogP contribution in [0.2, 0.25) is 0 Å². The lowest BCUT2D eigenvalue weighted by molar-refractivity contribution is -0.136. The SMILES string of the molecule is CN1CCN(C(=O)C(C)(C)N)Cc2ccccc21.Cl.Cl. The summed E-state index contributed by atoms with van der Waals surface area (Å²) in [5.74, 6) is 0.00704. The van der Waals surface area contributed by atoms with Crippen LogP contribution >= 0.6 is 24.8 Å². The molecule has 2 rings (SSSR count). The van der Waals surface area contributed by atoms with Crippen LogP contribution in [-0.4, -0.2) is 36.5 Å². The molecule has 1 aliphatic heterocycles. The van der Waals surface area contributed by atoms with Gasteiger partial charge < -0.3 is 15.5 Å². The third kappa shape index (κ3) is 4.01. The molecule has 0 radical (unpaired) electrons. The molecule has 0 saturated heterocycles. The molecule has 1 amide bonds.